The first-order valence-corrected chi connectivity index (χ1v) is 16.5. The maximum Gasteiger partial charge on any atom is 1.00 e. The number of terminal acetylenes is 3. The summed E-state index contributed by atoms with van der Waals surface area (Å²) in [6.07, 6.45) is 19.8. The van der Waals surface area contributed by atoms with Gasteiger partial charge in [0.05, 0.1) is 17.9 Å². The van der Waals surface area contributed by atoms with Crippen LogP contribution in [-0.4, -0.2) is 30.2 Å². The number of ether oxygens (including phenoxy) is 1. The Labute approximate surface area is 348 Å². The minimum absolute atomic E-state index is 0. The quantitative estimate of drug-likeness (QED) is 0.174. The molecule has 2 unspecified atom stereocenters. The Bertz CT molecular complexity index is 1770. The van der Waals surface area contributed by atoms with Crippen molar-refractivity contribution >= 4 is 17.5 Å². The molecule has 3 aromatic carbocycles. The molecule has 0 amide bonds. The molecule has 0 heterocycles. The number of halogens is 3. The first-order valence-electron chi connectivity index (χ1n) is 16.5. The smallest absolute Gasteiger partial charge is 0.850 e. The summed E-state index contributed by atoms with van der Waals surface area (Å²) in [7, 11) is 1.24. The summed E-state index contributed by atoms with van der Waals surface area (Å²) in [6.45, 7) is 4.90. The van der Waals surface area contributed by atoms with Gasteiger partial charge in [-0.2, -0.15) is 0 Å². The van der Waals surface area contributed by atoms with Crippen LogP contribution in [0.25, 0.3) is 0 Å². The average Bonchev–Trinajstić information content (AvgIpc) is 3.09. The van der Waals surface area contributed by atoms with Crippen molar-refractivity contribution in [3.63, 3.8) is 0 Å². The molecule has 3 aromatic rings. The van der Waals surface area contributed by atoms with Crippen LogP contribution in [0.2, 0.25) is 0 Å². The Morgan fingerprint density at radius 1 is 0.808 bits per heavy atom. The van der Waals surface area contributed by atoms with Gasteiger partial charge in [-0.25, -0.2) is 13.2 Å². The second kappa shape index (κ2) is 21.9. The van der Waals surface area contributed by atoms with E-state index in [1.54, 1.807) is 45.0 Å². The van der Waals surface area contributed by atoms with Gasteiger partial charge in [0.15, 0.2) is 0 Å². The van der Waals surface area contributed by atoms with Crippen molar-refractivity contribution in [3.05, 3.63) is 107 Å². The number of benzene rings is 3. The average molecular weight is 737 g/mol. The van der Waals surface area contributed by atoms with Crippen LogP contribution in [0.3, 0.4) is 0 Å². The minimum atomic E-state index is -0.868. The van der Waals surface area contributed by atoms with E-state index in [1.165, 1.54) is 43.5 Å². The summed E-state index contributed by atoms with van der Waals surface area (Å²) < 4.78 is 43.6. The molecule has 9 heteroatoms. The number of hydrogen-bond donors (Lipinski definition) is 0. The standard InChI is InChI=1S/C16H15FO3.C14H13FO.C9H7F.C4H9O.K/c1-3-16(11-5-4-6-12(17)9-11)8-7-14(18)13(10-16)15(19)20-2;1-2-14(8-6-13(16)7-9-14)11-4-3-5-12(15)10-11;1-2-4-8-5-3-6-9(10)7-8;1-4(2,3)5;/h1,4-6,9,13H,7-8,10H2,2H3;1,3-5,10H,6-9H2;1,3,5-7H,4H2;1-3H3;/q;;;-1;+1. The first kappa shape index (κ1) is 46.6. The zero-order valence-corrected chi connectivity index (χ0v) is 33.7. The van der Waals surface area contributed by atoms with Crippen molar-refractivity contribution in [2.75, 3.05) is 7.11 Å². The molecule has 0 aliphatic heterocycles. The molecular weight excluding hydrogens is 693 g/mol. The molecular formula is C43H44F3KO5. The molecule has 52 heavy (non-hydrogen) atoms. The van der Waals surface area contributed by atoms with E-state index in [2.05, 4.69) is 22.5 Å². The van der Waals surface area contributed by atoms with E-state index >= 15 is 0 Å². The van der Waals surface area contributed by atoms with Crippen LogP contribution >= 0.6 is 0 Å². The van der Waals surface area contributed by atoms with Gasteiger partial charge < -0.3 is 9.84 Å². The Kier molecular flexibility index (Phi) is 19.6. The summed E-state index contributed by atoms with van der Waals surface area (Å²) in [6, 6.07) is 18.7. The predicted molar refractivity (Wildman–Crippen MR) is 190 cm³/mol. The van der Waals surface area contributed by atoms with E-state index in [0.29, 0.717) is 44.1 Å². The van der Waals surface area contributed by atoms with Crippen LogP contribution in [0.4, 0.5) is 13.2 Å². The fourth-order valence-electron chi connectivity index (χ4n) is 5.72. The molecule has 0 saturated heterocycles. The van der Waals surface area contributed by atoms with E-state index in [0.717, 1.165) is 11.1 Å². The SMILES string of the molecule is C#CC1(c2cccc(F)c2)CCC(=O)C(C(=O)OC)C1.C#CC1(c2cccc(F)c2)CCC(=O)CC1.C#CCc1cccc(F)c1.CC(C)(C)[O-].[K+]. The van der Waals surface area contributed by atoms with Crippen LogP contribution in [0.1, 0.15) is 82.4 Å². The molecule has 5 nitrogen and oxygen atoms in total. The zero-order chi connectivity index (χ0) is 38.2. The number of rotatable bonds is 4. The fourth-order valence-corrected chi connectivity index (χ4v) is 5.72. The van der Waals surface area contributed by atoms with Gasteiger partial charge in [-0.05, 0) is 78.8 Å². The third kappa shape index (κ3) is 14.9. The second-order valence-electron chi connectivity index (χ2n) is 13.4. The Balaban J connectivity index is 0.000000377. The summed E-state index contributed by atoms with van der Waals surface area (Å²) in [5.74, 6) is 5.62. The van der Waals surface area contributed by atoms with Crippen LogP contribution in [0, 0.1) is 60.4 Å². The summed E-state index contributed by atoms with van der Waals surface area (Å²) in [5, 5.41) is 10.1. The third-order valence-electron chi connectivity index (χ3n) is 8.39. The van der Waals surface area contributed by atoms with Crippen LogP contribution in [0.5, 0.6) is 0 Å². The number of Topliss-reactive ketones (excluding diaryl/α,β-unsaturated/α-hetero) is 2. The summed E-state index contributed by atoms with van der Waals surface area (Å²) in [4.78, 5) is 34.8. The van der Waals surface area contributed by atoms with Crippen LogP contribution < -0.4 is 56.5 Å². The topological polar surface area (TPSA) is 83.5 Å². The zero-order valence-electron chi connectivity index (χ0n) is 30.6. The molecule has 5 rings (SSSR count). The van der Waals surface area contributed by atoms with Crippen molar-refractivity contribution in [1.29, 1.82) is 0 Å². The number of methoxy groups -OCH3 is 1. The van der Waals surface area contributed by atoms with Gasteiger partial charge in [-0.1, -0.05) is 69.0 Å². The number of carbonyl (C=O) groups excluding carboxylic acids is 3. The number of hydrogen-bond acceptors (Lipinski definition) is 5. The predicted octanol–water partition coefficient (Wildman–Crippen LogP) is 4.23. The third-order valence-corrected chi connectivity index (χ3v) is 8.39. The summed E-state index contributed by atoms with van der Waals surface area (Å²) in [5.41, 5.74) is 0.302. The van der Waals surface area contributed by atoms with E-state index in [1.807, 2.05) is 12.1 Å². The van der Waals surface area contributed by atoms with Crippen molar-refractivity contribution in [2.24, 2.45) is 5.92 Å². The van der Waals surface area contributed by atoms with Crippen molar-refractivity contribution < 1.29 is 88.8 Å². The van der Waals surface area contributed by atoms with Gasteiger partial charge in [-0.3, -0.25) is 14.4 Å². The molecule has 0 aromatic heterocycles. The Morgan fingerprint density at radius 3 is 1.67 bits per heavy atom. The van der Waals surface area contributed by atoms with E-state index in [9.17, 15) is 32.7 Å². The maximum atomic E-state index is 13.4. The monoisotopic (exact) mass is 736 g/mol. The van der Waals surface area contributed by atoms with Gasteiger partial charge in [-0.15, -0.1) is 30.8 Å². The molecule has 0 spiro atoms. The van der Waals surface area contributed by atoms with Gasteiger partial charge in [0, 0.05) is 25.7 Å². The molecule has 0 N–H and O–H groups in total. The molecule has 0 bridgehead atoms. The summed E-state index contributed by atoms with van der Waals surface area (Å²) >= 11 is 0. The number of esters is 1. The molecule has 2 fully saturated rings. The minimum Gasteiger partial charge on any atom is -0.850 e. The van der Waals surface area contributed by atoms with Crippen molar-refractivity contribution in [2.45, 2.75) is 88.6 Å². The number of ketones is 2. The van der Waals surface area contributed by atoms with Gasteiger partial charge in [0.2, 0.25) is 0 Å². The van der Waals surface area contributed by atoms with Crippen molar-refractivity contribution in [3.8, 4) is 37.0 Å². The van der Waals surface area contributed by atoms with E-state index < -0.39 is 28.3 Å². The molecule has 2 aliphatic carbocycles. The molecule has 268 valence electrons. The molecule has 2 saturated carbocycles. The Morgan fingerprint density at radius 2 is 1.25 bits per heavy atom. The van der Waals surface area contributed by atoms with Crippen LogP contribution in [-0.2, 0) is 36.4 Å². The fraction of sp³-hybridized carbons (Fsp3) is 0.372. The van der Waals surface area contributed by atoms with Gasteiger partial charge >= 0.3 is 57.4 Å². The largest absolute Gasteiger partial charge is 1.00 e. The first-order chi connectivity index (χ1) is 24.0. The van der Waals surface area contributed by atoms with Crippen LogP contribution in [0.15, 0.2) is 72.8 Å². The number of carbonyl (C=O) groups is 3. The molecule has 0 radical (unpaired) electrons. The Hall–Kier alpha value is -3.46. The molecule has 2 atom stereocenters. The second-order valence-corrected chi connectivity index (χ2v) is 13.4. The normalized spacial score (nSPS) is 18.7. The van der Waals surface area contributed by atoms with Gasteiger partial charge in [0.1, 0.15) is 34.9 Å². The van der Waals surface area contributed by atoms with E-state index in [4.69, 9.17) is 19.3 Å². The maximum absolute atomic E-state index is 13.4. The van der Waals surface area contributed by atoms with E-state index in [-0.39, 0.29) is 93.2 Å². The van der Waals surface area contributed by atoms with Crippen molar-refractivity contribution in [1.82, 2.24) is 0 Å². The van der Waals surface area contributed by atoms with Gasteiger partial charge in [0.25, 0.3) is 0 Å². The molecule has 2 aliphatic rings.